The van der Waals surface area contributed by atoms with Crippen molar-refractivity contribution in [3.8, 4) is 0 Å². The van der Waals surface area contributed by atoms with E-state index < -0.39 is 14.9 Å². The van der Waals surface area contributed by atoms with E-state index in [-0.39, 0.29) is 16.6 Å². The number of nitrogens with one attached hydrogen (secondary N) is 1. The maximum Gasteiger partial charge on any atom is 0.273 e. The second-order valence-corrected chi connectivity index (χ2v) is 6.86. The fourth-order valence-electron chi connectivity index (χ4n) is 2.47. The van der Waals surface area contributed by atoms with Crippen molar-refractivity contribution < 1.29 is 13.3 Å². The van der Waals surface area contributed by atoms with Crippen molar-refractivity contribution in [1.29, 1.82) is 0 Å². The second-order valence-electron chi connectivity index (χ2n) is 5.30. The van der Waals surface area contributed by atoms with E-state index in [9.17, 15) is 18.5 Å². The van der Waals surface area contributed by atoms with E-state index in [1.807, 2.05) is 6.92 Å². The summed E-state index contributed by atoms with van der Waals surface area (Å²) in [5.41, 5.74) is 0.343. The third-order valence-corrected chi connectivity index (χ3v) is 4.59. The van der Waals surface area contributed by atoms with Crippen LogP contribution in [0.15, 0.2) is 23.1 Å². The number of nitro benzene ring substituents is 1. The first-order valence-electron chi connectivity index (χ1n) is 6.86. The summed E-state index contributed by atoms with van der Waals surface area (Å²) in [6.07, 6.45) is 2.77. The van der Waals surface area contributed by atoms with Crippen LogP contribution in [0.2, 0.25) is 0 Å². The topological polar surface area (TPSA) is 115 Å². The van der Waals surface area contributed by atoms with Crippen molar-refractivity contribution in [2.24, 2.45) is 11.1 Å². The highest BCUT2D eigenvalue weighted by atomic mass is 32.2. The van der Waals surface area contributed by atoms with Gasteiger partial charge in [-0.05, 0) is 37.8 Å². The molecule has 21 heavy (non-hydrogen) atoms. The zero-order chi connectivity index (χ0) is 15.6. The van der Waals surface area contributed by atoms with Crippen LogP contribution in [-0.2, 0) is 16.4 Å². The van der Waals surface area contributed by atoms with E-state index >= 15 is 0 Å². The Morgan fingerprint density at radius 2 is 2.14 bits per heavy atom. The van der Waals surface area contributed by atoms with Crippen LogP contribution < -0.4 is 10.5 Å². The highest BCUT2D eigenvalue weighted by molar-refractivity contribution is 7.89. The predicted molar refractivity (Wildman–Crippen MR) is 78.4 cm³/mol. The number of hydrogen-bond acceptors (Lipinski definition) is 5. The zero-order valence-corrected chi connectivity index (χ0v) is 12.6. The van der Waals surface area contributed by atoms with Gasteiger partial charge in [-0.25, -0.2) is 13.6 Å². The average molecular weight is 313 g/mol. The summed E-state index contributed by atoms with van der Waals surface area (Å²) in [4.78, 5) is 10.4. The van der Waals surface area contributed by atoms with Gasteiger partial charge in [0.15, 0.2) is 0 Å². The van der Waals surface area contributed by atoms with Gasteiger partial charge in [0.1, 0.15) is 0 Å². The summed E-state index contributed by atoms with van der Waals surface area (Å²) in [5, 5.41) is 19.5. The van der Waals surface area contributed by atoms with Crippen LogP contribution in [0.4, 0.5) is 5.69 Å². The summed E-state index contributed by atoms with van der Waals surface area (Å²) >= 11 is 0. The first-order chi connectivity index (χ1) is 9.82. The predicted octanol–water partition coefficient (Wildman–Crippen LogP) is 1.17. The molecule has 116 valence electrons. The lowest BCUT2D eigenvalue weighted by Gasteiger charge is -2.17. The molecule has 0 aliphatic heterocycles. The molecule has 1 aromatic rings. The van der Waals surface area contributed by atoms with Gasteiger partial charge in [0.2, 0.25) is 10.0 Å². The maximum absolute atomic E-state index is 11.3. The number of hydrogen-bond donors (Lipinski definition) is 2. The number of nitro groups is 1. The minimum Gasteiger partial charge on any atom is -0.314 e. The van der Waals surface area contributed by atoms with Gasteiger partial charge in [0, 0.05) is 17.7 Å². The smallest absolute Gasteiger partial charge is 0.273 e. The van der Waals surface area contributed by atoms with Crippen LogP contribution in [-0.4, -0.2) is 25.9 Å². The third-order valence-electron chi connectivity index (χ3n) is 3.68. The first-order valence-corrected chi connectivity index (χ1v) is 8.41. The van der Waals surface area contributed by atoms with Gasteiger partial charge in [0.05, 0.1) is 9.82 Å². The number of primary sulfonamides is 1. The van der Waals surface area contributed by atoms with Crippen LogP contribution >= 0.6 is 0 Å². The summed E-state index contributed by atoms with van der Waals surface area (Å²) < 4.78 is 22.6. The molecule has 1 saturated carbocycles. The monoisotopic (exact) mass is 313 g/mol. The second kappa shape index (κ2) is 6.08. The Morgan fingerprint density at radius 1 is 1.48 bits per heavy atom. The van der Waals surface area contributed by atoms with E-state index in [4.69, 9.17) is 5.14 Å². The molecule has 1 atom stereocenters. The molecule has 1 aliphatic rings. The summed E-state index contributed by atoms with van der Waals surface area (Å²) in [5.74, 6) is 0.544. The summed E-state index contributed by atoms with van der Waals surface area (Å²) in [6.45, 7) is 2.79. The zero-order valence-electron chi connectivity index (χ0n) is 11.8. The normalized spacial score (nSPS) is 16.7. The van der Waals surface area contributed by atoms with Gasteiger partial charge >= 0.3 is 0 Å². The van der Waals surface area contributed by atoms with E-state index in [1.165, 1.54) is 12.1 Å². The fourth-order valence-corrected chi connectivity index (χ4v) is 3.00. The van der Waals surface area contributed by atoms with Crippen molar-refractivity contribution in [2.45, 2.75) is 37.1 Å². The molecule has 7 nitrogen and oxygen atoms in total. The molecule has 1 aromatic carbocycles. The van der Waals surface area contributed by atoms with Crippen LogP contribution in [0.5, 0.6) is 0 Å². The van der Waals surface area contributed by atoms with Crippen molar-refractivity contribution in [2.75, 3.05) is 6.54 Å². The lowest BCUT2D eigenvalue weighted by Crippen LogP contribution is -2.33. The molecule has 0 saturated heterocycles. The van der Waals surface area contributed by atoms with Crippen LogP contribution in [0.1, 0.15) is 25.3 Å². The van der Waals surface area contributed by atoms with Crippen LogP contribution in [0.3, 0.4) is 0 Å². The Labute approximate surface area is 123 Å². The van der Waals surface area contributed by atoms with Gasteiger partial charge in [0.25, 0.3) is 5.69 Å². The SMILES string of the molecule is CCNC(Cc1ccc(S(N)(=O)=O)cc1[N+](=O)[O-])C1CC1. The quantitative estimate of drug-likeness (QED) is 0.579. The maximum atomic E-state index is 11.3. The molecule has 8 heteroatoms. The minimum atomic E-state index is -3.94. The molecule has 0 amide bonds. The Morgan fingerprint density at radius 3 is 2.62 bits per heavy atom. The van der Waals surface area contributed by atoms with Crippen LogP contribution in [0, 0.1) is 16.0 Å². The molecule has 1 unspecified atom stereocenters. The Balaban J connectivity index is 2.32. The molecule has 1 fully saturated rings. The van der Waals surface area contributed by atoms with E-state index in [1.54, 1.807) is 0 Å². The van der Waals surface area contributed by atoms with Crippen molar-refractivity contribution in [1.82, 2.24) is 5.32 Å². The molecule has 2 rings (SSSR count). The molecule has 3 N–H and O–H groups in total. The average Bonchev–Trinajstić information content (AvgIpc) is 3.21. The van der Waals surface area contributed by atoms with Gasteiger partial charge in [-0.2, -0.15) is 0 Å². The number of rotatable bonds is 7. The van der Waals surface area contributed by atoms with E-state index in [2.05, 4.69) is 5.32 Å². The lowest BCUT2D eigenvalue weighted by atomic mass is 10.0. The van der Waals surface area contributed by atoms with Gasteiger partial charge in [-0.1, -0.05) is 13.0 Å². The molecule has 0 radical (unpaired) electrons. The Kier molecular flexibility index (Phi) is 4.60. The van der Waals surface area contributed by atoms with Crippen molar-refractivity contribution in [3.05, 3.63) is 33.9 Å². The first kappa shape index (κ1) is 15.9. The fraction of sp³-hybridized carbons (Fsp3) is 0.538. The van der Waals surface area contributed by atoms with Gasteiger partial charge < -0.3 is 5.32 Å². The molecule has 1 aliphatic carbocycles. The Bertz CT molecular complexity index is 641. The number of sulfonamides is 1. The molecule has 0 bridgehead atoms. The van der Waals surface area contributed by atoms with E-state index in [0.29, 0.717) is 17.9 Å². The molecular weight excluding hydrogens is 294 g/mol. The number of nitrogens with zero attached hydrogens (tertiary/aromatic N) is 1. The van der Waals surface area contributed by atoms with Crippen LogP contribution in [0.25, 0.3) is 0 Å². The summed E-state index contributed by atoms with van der Waals surface area (Å²) in [7, 11) is -3.94. The van der Waals surface area contributed by atoms with Gasteiger partial charge in [-0.3, -0.25) is 10.1 Å². The minimum absolute atomic E-state index is 0.189. The van der Waals surface area contributed by atoms with Crippen molar-refractivity contribution >= 4 is 15.7 Å². The highest BCUT2D eigenvalue weighted by Crippen LogP contribution is 2.35. The third kappa shape index (κ3) is 3.99. The molecule has 0 heterocycles. The van der Waals surface area contributed by atoms with E-state index in [0.717, 1.165) is 25.5 Å². The molecular formula is C13H19N3O4S. The number of likely N-dealkylation sites (N-methyl/N-ethyl adjacent to an activating group) is 1. The Hall–Kier alpha value is -1.51. The highest BCUT2D eigenvalue weighted by Gasteiger charge is 2.32. The molecule has 0 spiro atoms. The summed E-state index contributed by atoms with van der Waals surface area (Å²) in [6, 6.07) is 4.05. The van der Waals surface area contributed by atoms with Crippen molar-refractivity contribution in [3.63, 3.8) is 0 Å². The number of benzene rings is 1. The largest absolute Gasteiger partial charge is 0.314 e. The number of nitrogens with two attached hydrogens (primary N) is 1. The molecule has 0 aromatic heterocycles. The lowest BCUT2D eigenvalue weighted by molar-refractivity contribution is -0.385. The standard InChI is InChI=1S/C13H19N3O4S/c1-2-15-12(9-3-4-9)7-10-5-6-11(21(14,19)20)8-13(10)16(17)18/h5-6,8-9,12,15H,2-4,7H2,1H3,(H2,14,19,20). The van der Waals surface area contributed by atoms with Gasteiger partial charge in [-0.15, -0.1) is 0 Å².